The number of halogens is 3. The van der Waals surface area contributed by atoms with E-state index < -0.39 is 23.2 Å². The first kappa shape index (κ1) is 27.9. The van der Waals surface area contributed by atoms with Crippen LogP contribution in [0.4, 0.5) is 18.9 Å². The van der Waals surface area contributed by atoms with Crippen LogP contribution in [0.25, 0.3) is 22.3 Å². The van der Waals surface area contributed by atoms with Gasteiger partial charge in [-0.3, -0.25) is 14.2 Å². The Labute approximate surface area is 230 Å². The molecule has 1 amide bonds. The normalized spacial score (nSPS) is 19.1. The second-order valence-electron chi connectivity index (χ2n) is 10.9. The molecule has 11 heteroatoms. The van der Waals surface area contributed by atoms with Gasteiger partial charge in [0.15, 0.2) is 11.6 Å². The van der Waals surface area contributed by atoms with E-state index in [-0.39, 0.29) is 36.5 Å². The van der Waals surface area contributed by atoms with Crippen molar-refractivity contribution >= 4 is 22.5 Å². The summed E-state index contributed by atoms with van der Waals surface area (Å²) in [5.74, 6) is -3.75. The predicted octanol–water partition coefficient (Wildman–Crippen LogP) is 3.90. The average Bonchev–Trinajstić information content (AvgIpc) is 3.59. The zero-order valence-electron chi connectivity index (χ0n) is 22.9. The maximum absolute atomic E-state index is 14.1. The number of alkyl halides is 2. The fraction of sp³-hybridized carbons (Fsp3) is 0.483. The van der Waals surface area contributed by atoms with Crippen LogP contribution in [-0.2, 0) is 11.3 Å². The molecule has 0 radical (unpaired) electrons. The number of fused-ring (bicyclic) bond motifs is 1. The van der Waals surface area contributed by atoms with Gasteiger partial charge in [-0.2, -0.15) is 0 Å². The third kappa shape index (κ3) is 5.94. The number of amides is 1. The van der Waals surface area contributed by atoms with Crippen LogP contribution < -0.4 is 20.5 Å². The minimum Gasteiger partial charge on any atom is -0.494 e. The number of ether oxygens (including phenoxy) is 1. The Morgan fingerprint density at radius 3 is 2.62 bits per heavy atom. The fourth-order valence-corrected chi connectivity index (χ4v) is 5.27. The van der Waals surface area contributed by atoms with Gasteiger partial charge in [-0.25, -0.2) is 18.2 Å². The highest BCUT2D eigenvalue weighted by Gasteiger charge is 2.56. The van der Waals surface area contributed by atoms with Gasteiger partial charge >= 0.3 is 0 Å². The third-order valence-corrected chi connectivity index (χ3v) is 7.49. The minimum atomic E-state index is -2.53. The van der Waals surface area contributed by atoms with E-state index in [2.05, 4.69) is 15.1 Å². The molecule has 2 heterocycles. The van der Waals surface area contributed by atoms with Gasteiger partial charge in [0.2, 0.25) is 5.91 Å². The summed E-state index contributed by atoms with van der Waals surface area (Å²) >= 11 is 0. The first-order valence-electron chi connectivity index (χ1n) is 13.6. The molecule has 214 valence electrons. The molecular formula is C29H34F3N5O3. The number of hydrogen-bond donors (Lipinski definition) is 1. The quantitative estimate of drug-likeness (QED) is 0.453. The van der Waals surface area contributed by atoms with E-state index in [1.165, 1.54) is 29.9 Å². The Kier molecular flexibility index (Phi) is 7.76. The Bertz CT molecular complexity index is 1480. The molecule has 1 unspecified atom stereocenters. The molecule has 1 aliphatic carbocycles. The molecule has 0 bridgehead atoms. The Morgan fingerprint density at radius 2 is 1.93 bits per heavy atom. The molecule has 1 saturated heterocycles. The first-order chi connectivity index (χ1) is 19.1. The maximum atomic E-state index is 14.1. The monoisotopic (exact) mass is 557 g/mol. The zero-order valence-corrected chi connectivity index (χ0v) is 22.9. The lowest BCUT2D eigenvalue weighted by molar-refractivity contribution is -0.122. The van der Waals surface area contributed by atoms with Crippen LogP contribution >= 0.6 is 0 Å². The summed E-state index contributed by atoms with van der Waals surface area (Å²) < 4.78 is 47.4. The fourth-order valence-electron chi connectivity index (χ4n) is 5.27. The van der Waals surface area contributed by atoms with Crippen molar-refractivity contribution < 1.29 is 22.7 Å². The van der Waals surface area contributed by atoms with E-state index in [4.69, 9.17) is 9.72 Å². The van der Waals surface area contributed by atoms with Gasteiger partial charge < -0.3 is 19.9 Å². The SMILES string of the molecule is COc1cc(-c2nc3ccc(N4CCCN(CC5CC5(F)F)CC4)cc3c(=O)n2CC(=O)NC(C)C)ccc1F. The number of aromatic nitrogens is 2. The molecule has 2 aromatic carbocycles. The number of rotatable bonds is 8. The van der Waals surface area contributed by atoms with Crippen molar-refractivity contribution in [3.63, 3.8) is 0 Å². The molecular weight excluding hydrogens is 523 g/mol. The van der Waals surface area contributed by atoms with Gasteiger partial charge in [-0.05, 0) is 63.2 Å². The largest absolute Gasteiger partial charge is 0.494 e. The van der Waals surface area contributed by atoms with Crippen LogP contribution in [-0.4, -0.2) is 72.2 Å². The van der Waals surface area contributed by atoms with Gasteiger partial charge in [0.1, 0.15) is 12.4 Å². The van der Waals surface area contributed by atoms with Gasteiger partial charge in [0, 0.05) is 55.8 Å². The second-order valence-corrected chi connectivity index (χ2v) is 10.9. The number of carbonyl (C=O) groups excluding carboxylic acids is 1. The molecule has 8 nitrogen and oxygen atoms in total. The number of hydrogen-bond acceptors (Lipinski definition) is 6. The second kappa shape index (κ2) is 11.1. The Morgan fingerprint density at radius 1 is 1.15 bits per heavy atom. The summed E-state index contributed by atoms with van der Waals surface area (Å²) in [5.41, 5.74) is 1.32. The van der Waals surface area contributed by atoms with Gasteiger partial charge in [-0.15, -0.1) is 0 Å². The smallest absolute Gasteiger partial charge is 0.262 e. The first-order valence-corrected chi connectivity index (χ1v) is 13.6. The van der Waals surface area contributed by atoms with E-state index in [0.717, 1.165) is 25.2 Å². The van der Waals surface area contributed by atoms with Crippen molar-refractivity contribution in [2.45, 2.75) is 45.2 Å². The molecule has 0 spiro atoms. The number of benzene rings is 2. The van der Waals surface area contributed by atoms with Crippen LogP contribution in [0.2, 0.25) is 0 Å². The minimum absolute atomic E-state index is 0.000915. The van der Waals surface area contributed by atoms with E-state index in [1.54, 1.807) is 12.1 Å². The number of anilines is 1. The molecule has 1 saturated carbocycles. The topological polar surface area (TPSA) is 79.7 Å². The van der Waals surface area contributed by atoms with Crippen molar-refractivity contribution in [1.29, 1.82) is 0 Å². The molecule has 2 aliphatic rings. The molecule has 1 atom stereocenters. The zero-order chi connectivity index (χ0) is 28.6. The molecule has 40 heavy (non-hydrogen) atoms. The summed E-state index contributed by atoms with van der Waals surface area (Å²) in [7, 11) is 1.35. The molecule has 5 rings (SSSR count). The number of nitrogens with one attached hydrogen (secondary N) is 1. The lowest BCUT2D eigenvalue weighted by Gasteiger charge is -2.24. The summed E-state index contributed by atoms with van der Waals surface area (Å²) in [4.78, 5) is 35.5. The van der Waals surface area contributed by atoms with Crippen LogP contribution in [0.1, 0.15) is 26.7 Å². The van der Waals surface area contributed by atoms with E-state index >= 15 is 0 Å². The van der Waals surface area contributed by atoms with Crippen molar-refractivity contribution in [2.75, 3.05) is 44.7 Å². The Hall–Kier alpha value is -3.60. The Balaban J connectivity index is 1.48. The van der Waals surface area contributed by atoms with Crippen LogP contribution in [0.5, 0.6) is 5.75 Å². The van der Waals surface area contributed by atoms with Gasteiger partial charge in [0.25, 0.3) is 11.5 Å². The van der Waals surface area contributed by atoms with E-state index in [1.807, 2.05) is 19.9 Å². The maximum Gasteiger partial charge on any atom is 0.262 e. The third-order valence-electron chi connectivity index (χ3n) is 7.49. The van der Waals surface area contributed by atoms with Gasteiger partial charge in [-0.1, -0.05) is 0 Å². The van der Waals surface area contributed by atoms with Crippen LogP contribution in [0.3, 0.4) is 0 Å². The highest BCUT2D eigenvalue weighted by molar-refractivity contribution is 5.84. The standard InChI is InChI=1S/C29H34F3N5O3/c1-18(2)33-26(38)17-37-27(19-5-7-23(30)25(13-19)40-3)34-24-8-6-21(14-22(24)28(37)39)36-10-4-9-35(11-12-36)16-20-15-29(20,31)32/h5-8,13-14,18,20H,4,9-12,15-17H2,1-3H3,(H,33,38). The molecule has 3 aromatic rings. The molecule has 1 N–H and O–H groups in total. The molecule has 1 aromatic heterocycles. The highest BCUT2D eigenvalue weighted by Crippen LogP contribution is 2.48. The lowest BCUT2D eigenvalue weighted by atomic mass is 10.1. The summed E-state index contributed by atoms with van der Waals surface area (Å²) in [6, 6.07) is 9.50. The predicted molar refractivity (Wildman–Crippen MR) is 148 cm³/mol. The van der Waals surface area contributed by atoms with E-state index in [9.17, 15) is 22.8 Å². The van der Waals surface area contributed by atoms with Crippen LogP contribution in [0, 0.1) is 11.7 Å². The van der Waals surface area contributed by atoms with Gasteiger partial charge in [0.05, 0.1) is 18.0 Å². The van der Waals surface area contributed by atoms with E-state index in [0.29, 0.717) is 36.1 Å². The summed E-state index contributed by atoms with van der Waals surface area (Å²) in [5, 5.41) is 3.16. The van der Waals surface area contributed by atoms with Crippen molar-refractivity contribution in [3.05, 3.63) is 52.6 Å². The lowest BCUT2D eigenvalue weighted by Crippen LogP contribution is -2.37. The van der Waals surface area contributed by atoms with Crippen molar-refractivity contribution in [2.24, 2.45) is 5.92 Å². The number of nitrogens with zero attached hydrogens (tertiary/aromatic N) is 4. The van der Waals surface area contributed by atoms with Crippen LogP contribution in [0.15, 0.2) is 41.2 Å². The summed E-state index contributed by atoms with van der Waals surface area (Å²) in [6.45, 7) is 6.59. The number of methoxy groups -OCH3 is 1. The van der Waals surface area contributed by atoms with Crippen molar-refractivity contribution in [1.82, 2.24) is 19.8 Å². The highest BCUT2D eigenvalue weighted by atomic mass is 19.3. The molecule has 2 fully saturated rings. The number of carbonyl (C=O) groups is 1. The summed E-state index contributed by atoms with van der Waals surface area (Å²) in [6.07, 6.45) is 0.790. The average molecular weight is 558 g/mol. The van der Waals surface area contributed by atoms with Crippen molar-refractivity contribution in [3.8, 4) is 17.1 Å². The molecule has 1 aliphatic heterocycles.